The van der Waals surface area contributed by atoms with Gasteiger partial charge in [-0.25, -0.2) is 4.68 Å². The van der Waals surface area contributed by atoms with E-state index in [1.807, 2.05) is 58.9 Å². The Bertz CT molecular complexity index is 948. The van der Waals surface area contributed by atoms with Gasteiger partial charge in [0, 0.05) is 25.6 Å². The van der Waals surface area contributed by atoms with E-state index in [1.165, 1.54) is 11.9 Å². The molecule has 1 aromatic heterocycles. The molecule has 3 rings (SSSR count). The molecular formula is C23H33N5O4. The van der Waals surface area contributed by atoms with Gasteiger partial charge in [0.15, 0.2) is 0 Å². The summed E-state index contributed by atoms with van der Waals surface area (Å²) in [5, 5.41) is 21.2. The summed E-state index contributed by atoms with van der Waals surface area (Å²) in [6.07, 6.45) is 1.31. The topological polar surface area (TPSA) is 110 Å². The Labute approximate surface area is 188 Å². The third kappa shape index (κ3) is 5.09. The van der Waals surface area contributed by atoms with E-state index in [9.17, 15) is 14.7 Å². The summed E-state index contributed by atoms with van der Waals surface area (Å²) < 4.78 is 7.24. The van der Waals surface area contributed by atoms with Crippen molar-refractivity contribution in [1.29, 1.82) is 0 Å². The van der Waals surface area contributed by atoms with Crippen LogP contribution in [0, 0.1) is 5.41 Å². The van der Waals surface area contributed by atoms with Gasteiger partial charge in [-0.05, 0) is 43.5 Å². The molecule has 32 heavy (non-hydrogen) atoms. The average molecular weight is 444 g/mol. The number of carbonyl (C=O) groups is 2. The first-order valence-corrected chi connectivity index (χ1v) is 10.9. The van der Waals surface area contributed by atoms with Gasteiger partial charge in [0.05, 0.1) is 18.4 Å². The fraction of sp³-hybridized carbons (Fsp3) is 0.565. The number of hydrogen-bond acceptors (Lipinski definition) is 6. The van der Waals surface area contributed by atoms with Crippen LogP contribution in [0.25, 0.3) is 11.3 Å². The molecule has 3 atom stereocenters. The van der Waals surface area contributed by atoms with Gasteiger partial charge >= 0.3 is 0 Å². The van der Waals surface area contributed by atoms with E-state index in [-0.39, 0.29) is 30.9 Å². The number of β-amino-alcohol motifs (C(OH)–C–C–N with tert-alkyl or cyclic N) is 1. The van der Waals surface area contributed by atoms with Crippen molar-refractivity contribution in [3.05, 3.63) is 30.5 Å². The van der Waals surface area contributed by atoms with Gasteiger partial charge in [0.25, 0.3) is 0 Å². The van der Waals surface area contributed by atoms with Crippen molar-refractivity contribution in [3.63, 3.8) is 0 Å². The summed E-state index contributed by atoms with van der Waals surface area (Å²) in [4.78, 5) is 27.4. The van der Waals surface area contributed by atoms with Crippen LogP contribution >= 0.6 is 0 Å². The van der Waals surface area contributed by atoms with Crippen LogP contribution in [0.2, 0.25) is 0 Å². The molecule has 174 valence electrons. The Morgan fingerprint density at radius 3 is 2.44 bits per heavy atom. The molecule has 0 radical (unpaired) electrons. The molecule has 1 aliphatic rings. The summed E-state index contributed by atoms with van der Waals surface area (Å²) in [5.41, 5.74) is 0.984. The first-order chi connectivity index (χ1) is 15.0. The van der Waals surface area contributed by atoms with E-state index < -0.39 is 23.6 Å². The maximum Gasteiger partial charge on any atom is 0.248 e. The molecule has 9 heteroatoms. The summed E-state index contributed by atoms with van der Waals surface area (Å²) >= 11 is 0. The van der Waals surface area contributed by atoms with E-state index in [1.54, 1.807) is 10.9 Å². The van der Waals surface area contributed by atoms with Gasteiger partial charge in [-0.3, -0.25) is 9.59 Å². The van der Waals surface area contributed by atoms with E-state index in [0.29, 0.717) is 5.69 Å². The lowest BCUT2D eigenvalue weighted by molar-refractivity contribution is -0.144. The zero-order valence-corrected chi connectivity index (χ0v) is 19.6. The van der Waals surface area contributed by atoms with Crippen molar-refractivity contribution >= 4 is 11.8 Å². The smallest absolute Gasteiger partial charge is 0.248 e. The molecule has 1 saturated heterocycles. The van der Waals surface area contributed by atoms with Crippen LogP contribution in [0.15, 0.2) is 30.5 Å². The minimum atomic E-state index is -0.736. The van der Waals surface area contributed by atoms with Gasteiger partial charge in [-0.2, -0.15) is 0 Å². The highest BCUT2D eigenvalue weighted by Crippen LogP contribution is 2.35. The van der Waals surface area contributed by atoms with Crippen molar-refractivity contribution in [1.82, 2.24) is 25.2 Å². The molecule has 2 amide bonds. The Hall–Kier alpha value is -2.94. The number of rotatable bonds is 6. The highest BCUT2D eigenvalue weighted by molar-refractivity contribution is 5.90. The fourth-order valence-electron chi connectivity index (χ4n) is 4.02. The van der Waals surface area contributed by atoms with Gasteiger partial charge in [0.1, 0.15) is 23.5 Å². The highest BCUT2D eigenvalue weighted by atomic mass is 16.5. The molecule has 2 N–H and O–H groups in total. The molecule has 2 heterocycles. The van der Waals surface area contributed by atoms with Crippen molar-refractivity contribution in [2.75, 3.05) is 13.6 Å². The van der Waals surface area contributed by atoms with Crippen LogP contribution in [0.3, 0.4) is 0 Å². The van der Waals surface area contributed by atoms with Crippen LogP contribution in [0.1, 0.15) is 47.1 Å². The first-order valence-electron chi connectivity index (χ1n) is 10.9. The largest absolute Gasteiger partial charge is 0.491 e. The second-order valence-corrected chi connectivity index (χ2v) is 9.55. The zero-order chi connectivity index (χ0) is 23.6. The van der Waals surface area contributed by atoms with Crippen LogP contribution in [0.4, 0.5) is 0 Å². The third-order valence-electron chi connectivity index (χ3n) is 5.46. The predicted molar refractivity (Wildman–Crippen MR) is 120 cm³/mol. The van der Waals surface area contributed by atoms with E-state index in [2.05, 4.69) is 15.6 Å². The predicted octanol–water partition coefficient (Wildman–Crippen LogP) is 2.03. The quantitative estimate of drug-likeness (QED) is 0.707. The number of likely N-dealkylation sites (N-methyl/N-ethyl adjacent to an activating group) is 1. The molecule has 0 aliphatic carbocycles. The summed E-state index contributed by atoms with van der Waals surface area (Å²) in [6.45, 7) is 9.87. The van der Waals surface area contributed by atoms with Crippen LogP contribution in [-0.4, -0.2) is 68.7 Å². The summed E-state index contributed by atoms with van der Waals surface area (Å²) in [7, 11) is 1.53. The Balaban J connectivity index is 1.88. The number of likely N-dealkylation sites (tertiary alicyclic amines) is 1. The Morgan fingerprint density at radius 1 is 1.22 bits per heavy atom. The number of nitrogens with one attached hydrogen (secondary N) is 1. The Kier molecular flexibility index (Phi) is 6.88. The molecule has 1 fully saturated rings. The molecular weight excluding hydrogens is 410 g/mol. The maximum atomic E-state index is 13.6. The monoisotopic (exact) mass is 443 g/mol. The molecule has 1 aliphatic heterocycles. The van der Waals surface area contributed by atoms with Crippen molar-refractivity contribution in [2.45, 2.75) is 65.3 Å². The average Bonchev–Trinajstić information content (AvgIpc) is 3.33. The van der Waals surface area contributed by atoms with E-state index >= 15 is 0 Å². The standard InChI is InChI=1S/C23H33N5O4/c1-14(2)32-17-9-7-15(8-10-17)18-13-28(26-25-18)20(23(3,4)5)22(31)27-12-16(29)11-19(27)21(30)24-6/h7-10,13-14,16,19-20,29H,11-12H2,1-6H3,(H,24,30)/t16?,19-,20?/m1/s1. The normalized spacial score (nSPS) is 19.8. The number of ether oxygens (including phenoxy) is 1. The van der Waals surface area contributed by atoms with Gasteiger partial charge in [-0.1, -0.05) is 26.0 Å². The van der Waals surface area contributed by atoms with Crippen LogP contribution in [0.5, 0.6) is 5.75 Å². The van der Waals surface area contributed by atoms with E-state index in [0.717, 1.165) is 11.3 Å². The lowest BCUT2D eigenvalue weighted by Crippen LogP contribution is -2.49. The molecule has 0 saturated carbocycles. The molecule has 2 unspecified atom stereocenters. The van der Waals surface area contributed by atoms with Crippen LogP contribution < -0.4 is 10.1 Å². The SMILES string of the molecule is CNC(=O)[C@H]1CC(O)CN1C(=O)C(n1cc(-c2ccc(OC(C)C)cc2)nn1)C(C)(C)C. The summed E-state index contributed by atoms with van der Waals surface area (Å²) in [5.74, 6) is 0.219. The van der Waals surface area contributed by atoms with Gasteiger partial charge in [-0.15, -0.1) is 5.10 Å². The zero-order valence-electron chi connectivity index (χ0n) is 19.6. The number of aliphatic hydroxyl groups is 1. The molecule has 9 nitrogen and oxygen atoms in total. The number of carbonyl (C=O) groups excluding carboxylic acids is 2. The molecule has 1 aromatic carbocycles. The van der Waals surface area contributed by atoms with Crippen molar-refractivity contribution in [2.24, 2.45) is 5.41 Å². The number of aliphatic hydroxyl groups excluding tert-OH is 1. The minimum Gasteiger partial charge on any atom is -0.491 e. The fourth-order valence-corrected chi connectivity index (χ4v) is 4.02. The van der Waals surface area contributed by atoms with Gasteiger partial charge < -0.3 is 20.1 Å². The maximum absolute atomic E-state index is 13.6. The highest BCUT2D eigenvalue weighted by Gasteiger charge is 2.45. The lowest BCUT2D eigenvalue weighted by atomic mass is 9.85. The van der Waals surface area contributed by atoms with Gasteiger partial charge in [0.2, 0.25) is 11.8 Å². The van der Waals surface area contributed by atoms with Crippen molar-refractivity contribution < 1.29 is 19.4 Å². The summed E-state index contributed by atoms with van der Waals surface area (Å²) in [6, 6.07) is 6.16. The molecule has 0 bridgehead atoms. The van der Waals surface area contributed by atoms with Crippen LogP contribution in [-0.2, 0) is 9.59 Å². The minimum absolute atomic E-state index is 0.0861. The van der Waals surface area contributed by atoms with Crippen molar-refractivity contribution in [3.8, 4) is 17.0 Å². The lowest BCUT2D eigenvalue weighted by Gasteiger charge is -2.34. The second-order valence-electron chi connectivity index (χ2n) is 9.55. The number of benzene rings is 1. The Morgan fingerprint density at radius 2 is 1.88 bits per heavy atom. The number of hydrogen-bond donors (Lipinski definition) is 2. The number of nitrogens with zero attached hydrogens (tertiary/aromatic N) is 4. The first kappa shape index (κ1) is 23.7. The molecule has 0 spiro atoms. The number of amides is 2. The second kappa shape index (κ2) is 9.28. The van der Waals surface area contributed by atoms with E-state index in [4.69, 9.17) is 4.74 Å². The third-order valence-corrected chi connectivity index (χ3v) is 5.46. The molecule has 2 aromatic rings. The number of aromatic nitrogens is 3.